The average Bonchev–Trinajstić information content (AvgIpc) is 2.53. The molecule has 0 radical (unpaired) electrons. The number of esters is 1. The second-order valence-electron chi connectivity index (χ2n) is 4.66. The van der Waals surface area contributed by atoms with Gasteiger partial charge in [-0.15, -0.1) is 0 Å². The molecule has 0 atom stereocenters. The van der Waals surface area contributed by atoms with Crippen molar-refractivity contribution >= 4 is 5.97 Å². The zero-order valence-corrected chi connectivity index (χ0v) is 12.3. The van der Waals surface area contributed by atoms with Crippen LogP contribution in [0.5, 0.6) is 5.75 Å². The molecule has 2 aromatic carbocycles. The first-order valence-electron chi connectivity index (χ1n) is 6.76. The van der Waals surface area contributed by atoms with Crippen molar-refractivity contribution in [2.24, 2.45) is 0 Å². The third kappa shape index (κ3) is 4.33. The molecule has 1 N–H and O–H groups in total. The maximum Gasteiger partial charge on any atom is 0.337 e. The lowest BCUT2D eigenvalue weighted by Crippen LogP contribution is -2.05. The summed E-state index contributed by atoms with van der Waals surface area (Å²) in [6.45, 7) is 1.21. The van der Waals surface area contributed by atoms with E-state index in [1.807, 2.05) is 43.4 Å². The van der Waals surface area contributed by atoms with Gasteiger partial charge < -0.3 is 14.8 Å². The molecule has 0 bridgehead atoms. The second-order valence-corrected chi connectivity index (χ2v) is 4.66. The number of rotatable bonds is 6. The van der Waals surface area contributed by atoms with Gasteiger partial charge in [0.2, 0.25) is 0 Å². The van der Waals surface area contributed by atoms with Gasteiger partial charge in [0, 0.05) is 6.54 Å². The van der Waals surface area contributed by atoms with Crippen molar-refractivity contribution in [3.8, 4) is 5.75 Å². The van der Waals surface area contributed by atoms with Gasteiger partial charge in [-0.25, -0.2) is 4.79 Å². The summed E-state index contributed by atoms with van der Waals surface area (Å²) in [5.41, 5.74) is 2.62. The van der Waals surface area contributed by atoms with Crippen LogP contribution in [0.4, 0.5) is 0 Å². The molecule has 4 heteroatoms. The molecule has 4 nitrogen and oxygen atoms in total. The minimum absolute atomic E-state index is 0.340. The van der Waals surface area contributed by atoms with E-state index in [2.05, 4.69) is 5.32 Å². The first-order chi connectivity index (χ1) is 10.2. The van der Waals surface area contributed by atoms with Gasteiger partial charge in [-0.3, -0.25) is 0 Å². The van der Waals surface area contributed by atoms with E-state index in [0.717, 1.165) is 17.9 Å². The predicted molar refractivity (Wildman–Crippen MR) is 81.3 cm³/mol. The summed E-state index contributed by atoms with van der Waals surface area (Å²) in [5, 5.41) is 3.10. The molecular formula is C17H19NO3. The van der Waals surface area contributed by atoms with Crippen molar-refractivity contribution in [1.82, 2.24) is 5.32 Å². The first kappa shape index (κ1) is 15.1. The van der Waals surface area contributed by atoms with Crippen molar-refractivity contribution < 1.29 is 14.3 Å². The Hall–Kier alpha value is -2.33. The number of benzene rings is 2. The Morgan fingerprint density at radius 3 is 2.62 bits per heavy atom. The number of carbonyl (C=O) groups is 1. The third-order valence-electron chi connectivity index (χ3n) is 3.03. The topological polar surface area (TPSA) is 47.6 Å². The van der Waals surface area contributed by atoms with Gasteiger partial charge in [0.05, 0.1) is 12.7 Å². The molecule has 0 saturated carbocycles. The largest absolute Gasteiger partial charge is 0.489 e. The summed E-state index contributed by atoms with van der Waals surface area (Å²) in [4.78, 5) is 11.5. The Kier molecular flexibility index (Phi) is 5.35. The molecule has 0 saturated heterocycles. The van der Waals surface area contributed by atoms with E-state index in [1.165, 1.54) is 12.7 Å². The fraction of sp³-hybridized carbons (Fsp3) is 0.235. The van der Waals surface area contributed by atoms with Crippen LogP contribution in [-0.4, -0.2) is 20.1 Å². The van der Waals surface area contributed by atoms with Crippen molar-refractivity contribution in [2.75, 3.05) is 14.2 Å². The normalized spacial score (nSPS) is 10.2. The minimum atomic E-state index is -0.340. The van der Waals surface area contributed by atoms with E-state index in [0.29, 0.717) is 12.2 Å². The van der Waals surface area contributed by atoms with Crippen LogP contribution in [-0.2, 0) is 17.9 Å². The molecule has 110 valence electrons. The predicted octanol–water partition coefficient (Wildman–Crippen LogP) is 2.77. The molecule has 0 amide bonds. The molecular weight excluding hydrogens is 266 g/mol. The average molecular weight is 285 g/mol. The highest BCUT2D eigenvalue weighted by Gasteiger charge is 2.06. The van der Waals surface area contributed by atoms with Crippen molar-refractivity contribution in [2.45, 2.75) is 13.2 Å². The molecule has 0 heterocycles. The van der Waals surface area contributed by atoms with Crippen molar-refractivity contribution in [3.63, 3.8) is 0 Å². The van der Waals surface area contributed by atoms with Gasteiger partial charge in [-0.05, 0) is 42.4 Å². The van der Waals surface area contributed by atoms with E-state index < -0.39 is 0 Å². The van der Waals surface area contributed by atoms with Crippen LogP contribution in [0, 0.1) is 0 Å². The maximum absolute atomic E-state index is 11.5. The molecule has 0 aliphatic carbocycles. The van der Waals surface area contributed by atoms with E-state index >= 15 is 0 Å². The van der Waals surface area contributed by atoms with Crippen molar-refractivity contribution in [3.05, 3.63) is 65.2 Å². The van der Waals surface area contributed by atoms with Crippen LogP contribution in [0.1, 0.15) is 21.5 Å². The fourth-order valence-electron chi connectivity index (χ4n) is 2.02. The Morgan fingerprint density at radius 2 is 1.86 bits per heavy atom. The highest BCUT2D eigenvalue weighted by Crippen LogP contribution is 2.16. The van der Waals surface area contributed by atoms with E-state index in [9.17, 15) is 4.79 Å². The summed E-state index contributed by atoms with van der Waals surface area (Å²) in [7, 11) is 3.28. The number of nitrogens with one attached hydrogen (secondary N) is 1. The lowest BCUT2D eigenvalue weighted by Gasteiger charge is -2.09. The summed E-state index contributed by atoms with van der Waals surface area (Å²) in [6.07, 6.45) is 0. The van der Waals surface area contributed by atoms with Crippen LogP contribution in [0.15, 0.2) is 48.5 Å². The standard InChI is InChI=1S/C17H19NO3/c1-18-11-13-5-4-8-16(10-13)21-12-14-6-3-7-15(9-14)17(19)20-2/h3-10,18H,11-12H2,1-2H3. The number of hydrogen-bond acceptors (Lipinski definition) is 4. The molecule has 0 fully saturated rings. The second kappa shape index (κ2) is 7.45. The number of hydrogen-bond donors (Lipinski definition) is 1. The smallest absolute Gasteiger partial charge is 0.337 e. The van der Waals surface area contributed by atoms with Gasteiger partial charge in [0.1, 0.15) is 12.4 Å². The maximum atomic E-state index is 11.5. The van der Waals surface area contributed by atoms with Gasteiger partial charge in [-0.1, -0.05) is 24.3 Å². The number of methoxy groups -OCH3 is 1. The fourth-order valence-corrected chi connectivity index (χ4v) is 2.02. The van der Waals surface area contributed by atoms with E-state index in [4.69, 9.17) is 9.47 Å². The summed E-state index contributed by atoms with van der Waals surface area (Å²) < 4.78 is 10.5. The van der Waals surface area contributed by atoms with Crippen LogP contribution in [0.3, 0.4) is 0 Å². The molecule has 0 unspecified atom stereocenters. The summed E-state index contributed by atoms with van der Waals surface area (Å²) in [6, 6.07) is 15.2. The number of carbonyl (C=O) groups excluding carboxylic acids is 1. The van der Waals surface area contributed by atoms with Gasteiger partial charge in [-0.2, -0.15) is 0 Å². The van der Waals surface area contributed by atoms with E-state index in [1.54, 1.807) is 12.1 Å². The quantitative estimate of drug-likeness (QED) is 0.829. The molecule has 2 rings (SSSR count). The molecule has 0 aliphatic rings. The highest BCUT2D eigenvalue weighted by atomic mass is 16.5. The van der Waals surface area contributed by atoms with Gasteiger partial charge in [0.15, 0.2) is 0 Å². The molecule has 0 aliphatic heterocycles. The first-order valence-corrected chi connectivity index (χ1v) is 6.76. The molecule has 2 aromatic rings. The molecule has 0 aromatic heterocycles. The third-order valence-corrected chi connectivity index (χ3v) is 3.03. The zero-order valence-electron chi connectivity index (χ0n) is 12.3. The SMILES string of the molecule is CNCc1cccc(OCc2cccc(C(=O)OC)c2)c1. The van der Waals surface area contributed by atoms with Crippen molar-refractivity contribution in [1.29, 1.82) is 0 Å². The monoisotopic (exact) mass is 285 g/mol. The van der Waals surface area contributed by atoms with Crippen LogP contribution >= 0.6 is 0 Å². The molecule has 0 spiro atoms. The minimum Gasteiger partial charge on any atom is -0.489 e. The number of ether oxygens (including phenoxy) is 2. The summed E-state index contributed by atoms with van der Waals surface area (Å²) in [5.74, 6) is 0.471. The Labute approximate surface area is 124 Å². The van der Waals surface area contributed by atoms with Crippen LogP contribution < -0.4 is 10.1 Å². The zero-order chi connectivity index (χ0) is 15.1. The lowest BCUT2D eigenvalue weighted by atomic mass is 10.1. The van der Waals surface area contributed by atoms with E-state index in [-0.39, 0.29) is 5.97 Å². The Morgan fingerprint density at radius 1 is 1.10 bits per heavy atom. The Bertz CT molecular complexity index is 610. The van der Waals surface area contributed by atoms with Crippen LogP contribution in [0.25, 0.3) is 0 Å². The highest BCUT2D eigenvalue weighted by molar-refractivity contribution is 5.89. The molecule has 21 heavy (non-hydrogen) atoms. The lowest BCUT2D eigenvalue weighted by molar-refractivity contribution is 0.0600. The van der Waals surface area contributed by atoms with Gasteiger partial charge in [0.25, 0.3) is 0 Å². The van der Waals surface area contributed by atoms with Crippen LogP contribution in [0.2, 0.25) is 0 Å². The summed E-state index contributed by atoms with van der Waals surface area (Å²) >= 11 is 0. The van der Waals surface area contributed by atoms with Gasteiger partial charge >= 0.3 is 5.97 Å². The Balaban J connectivity index is 2.02.